The number of amides is 1. The molecule has 6 nitrogen and oxygen atoms in total. The number of aromatic nitrogens is 2. The molecule has 1 aromatic heterocycles. The Morgan fingerprint density at radius 2 is 2.24 bits per heavy atom. The number of ether oxygens (including phenoxy) is 1. The Bertz CT molecular complexity index is 869. The summed E-state index contributed by atoms with van der Waals surface area (Å²) in [5.74, 6) is 0.0601. The van der Waals surface area contributed by atoms with Crippen molar-refractivity contribution in [1.29, 1.82) is 0 Å². The van der Waals surface area contributed by atoms with Crippen LogP contribution in [-0.4, -0.2) is 71.3 Å². The summed E-state index contributed by atoms with van der Waals surface area (Å²) >= 11 is 0. The van der Waals surface area contributed by atoms with Gasteiger partial charge in [-0.05, 0) is 43.2 Å². The van der Waals surface area contributed by atoms with Gasteiger partial charge in [0.1, 0.15) is 0 Å². The highest BCUT2D eigenvalue weighted by Gasteiger charge is 2.44. The van der Waals surface area contributed by atoms with Gasteiger partial charge in [-0.2, -0.15) is 5.10 Å². The van der Waals surface area contributed by atoms with Crippen LogP contribution < -0.4 is 0 Å². The van der Waals surface area contributed by atoms with Gasteiger partial charge in [-0.25, -0.2) is 0 Å². The van der Waals surface area contributed by atoms with Gasteiger partial charge in [0.25, 0.3) is 5.91 Å². The van der Waals surface area contributed by atoms with Crippen molar-refractivity contribution in [2.45, 2.75) is 24.9 Å². The fourth-order valence-electron chi connectivity index (χ4n) is 4.42. The van der Waals surface area contributed by atoms with Gasteiger partial charge in [-0.1, -0.05) is 12.1 Å². The van der Waals surface area contributed by atoms with Crippen molar-refractivity contribution in [3.05, 3.63) is 35.5 Å². The highest BCUT2D eigenvalue weighted by molar-refractivity contribution is 6.05. The molecule has 2 fully saturated rings. The van der Waals surface area contributed by atoms with Crippen LogP contribution in [0.1, 0.15) is 28.9 Å². The highest BCUT2D eigenvalue weighted by Crippen LogP contribution is 2.32. The normalized spacial score (nSPS) is 26.4. The van der Waals surface area contributed by atoms with Crippen LogP contribution in [0.25, 0.3) is 16.5 Å². The summed E-state index contributed by atoms with van der Waals surface area (Å²) in [5.41, 5.74) is 3.92. The van der Waals surface area contributed by atoms with Crippen LogP contribution in [0.2, 0.25) is 0 Å². The molecule has 2 unspecified atom stereocenters. The van der Waals surface area contributed by atoms with Crippen molar-refractivity contribution in [3.63, 3.8) is 0 Å². The summed E-state index contributed by atoms with van der Waals surface area (Å²) in [7, 11) is 2.14. The average molecular weight is 338 g/mol. The molecule has 3 aliphatic rings. The van der Waals surface area contributed by atoms with Crippen LogP contribution in [0.5, 0.6) is 0 Å². The maximum atomic E-state index is 13.1. The van der Waals surface area contributed by atoms with E-state index >= 15 is 0 Å². The molecule has 0 aliphatic carbocycles. The number of hydrogen-bond acceptors (Lipinski definition) is 4. The second-order valence-electron chi connectivity index (χ2n) is 7.33. The van der Waals surface area contributed by atoms with E-state index in [0.29, 0.717) is 24.4 Å². The molecule has 130 valence electrons. The number of nitrogens with one attached hydrogen (secondary N) is 1. The van der Waals surface area contributed by atoms with E-state index in [1.54, 1.807) is 0 Å². The molecule has 2 aromatic rings. The quantitative estimate of drug-likeness (QED) is 0.908. The number of rotatable bonds is 2. The maximum absolute atomic E-state index is 13.1. The zero-order chi connectivity index (χ0) is 17.0. The lowest BCUT2D eigenvalue weighted by Gasteiger charge is -2.31. The number of benzene rings is 1. The number of carbonyl (C=O) groups excluding carboxylic acids is 1. The molecule has 1 aromatic carbocycles. The van der Waals surface area contributed by atoms with Gasteiger partial charge in [0.05, 0.1) is 18.7 Å². The van der Waals surface area contributed by atoms with Crippen molar-refractivity contribution in [2.24, 2.45) is 0 Å². The van der Waals surface area contributed by atoms with E-state index in [0.717, 1.165) is 49.0 Å². The summed E-state index contributed by atoms with van der Waals surface area (Å²) in [5, 5.41) is 8.30. The van der Waals surface area contributed by atoms with E-state index in [1.807, 2.05) is 11.0 Å². The number of fused-ring (bicyclic) bond motifs is 3. The Morgan fingerprint density at radius 3 is 2.96 bits per heavy atom. The number of carbonyl (C=O) groups is 1. The van der Waals surface area contributed by atoms with Gasteiger partial charge < -0.3 is 9.64 Å². The summed E-state index contributed by atoms with van der Waals surface area (Å²) in [4.78, 5) is 17.5. The van der Waals surface area contributed by atoms with Crippen molar-refractivity contribution in [2.75, 3.05) is 33.4 Å². The van der Waals surface area contributed by atoms with E-state index in [1.165, 1.54) is 5.57 Å². The smallest absolute Gasteiger partial charge is 0.275 e. The average Bonchev–Trinajstić information content (AvgIpc) is 3.34. The van der Waals surface area contributed by atoms with Crippen LogP contribution in [0, 0.1) is 0 Å². The van der Waals surface area contributed by atoms with Crippen molar-refractivity contribution in [3.8, 4) is 0 Å². The third kappa shape index (κ3) is 2.40. The lowest BCUT2D eigenvalue weighted by Crippen LogP contribution is -2.47. The molecule has 3 aliphatic heterocycles. The molecule has 0 radical (unpaired) electrons. The number of likely N-dealkylation sites (tertiary alicyclic amines) is 2. The molecule has 1 N–H and O–H groups in total. The molecule has 2 atom stereocenters. The van der Waals surface area contributed by atoms with Gasteiger partial charge >= 0.3 is 0 Å². The second-order valence-corrected chi connectivity index (χ2v) is 7.33. The first-order valence-corrected chi connectivity index (χ1v) is 8.97. The van der Waals surface area contributed by atoms with Gasteiger partial charge in [0.2, 0.25) is 0 Å². The first-order chi connectivity index (χ1) is 12.2. The zero-order valence-electron chi connectivity index (χ0n) is 14.4. The predicted octanol–water partition coefficient (Wildman–Crippen LogP) is 1.90. The van der Waals surface area contributed by atoms with E-state index in [9.17, 15) is 4.79 Å². The Kier molecular flexibility index (Phi) is 3.43. The monoisotopic (exact) mass is 338 g/mol. The Balaban J connectivity index is 1.49. The summed E-state index contributed by atoms with van der Waals surface area (Å²) in [6.45, 7) is 3.20. The number of likely N-dealkylation sites (N-methyl/N-ethyl adjacent to an activating group) is 1. The van der Waals surface area contributed by atoms with Crippen LogP contribution in [0.3, 0.4) is 0 Å². The van der Waals surface area contributed by atoms with Gasteiger partial charge in [-0.15, -0.1) is 0 Å². The van der Waals surface area contributed by atoms with E-state index in [-0.39, 0.29) is 5.91 Å². The first kappa shape index (κ1) is 15.1. The lowest BCUT2D eigenvalue weighted by atomic mass is 9.99. The standard InChI is InChI=1S/C19H22N4O2/c1-22-10-15-9-14(22)11-23(15)19(24)18-16-8-13(2-3-17(16)20-21-18)12-4-6-25-7-5-12/h2-4,8,14-15H,5-7,9-11H2,1H3,(H,20,21). The van der Waals surface area contributed by atoms with Crippen LogP contribution >= 0.6 is 0 Å². The molecule has 4 heterocycles. The molecule has 2 bridgehead atoms. The fourth-order valence-corrected chi connectivity index (χ4v) is 4.42. The van der Waals surface area contributed by atoms with Crippen molar-refractivity contribution < 1.29 is 9.53 Å². The molecular weight excluding hydrogens is 316 g/mol. The van der Waals surface area contributed by atoms with E-state index < -0.39 is 0 Å². The minimum absolute atomic E-state index is 0.0601. The van der Waals surface area contributed by atoms with Gasteiger partial charge in [0, 0.05) is 30.6 Å². The minimum atomic E-state index is 0.0601. The van der Waals surface area contributed by atoms with Crippen LogP contribution in [-0.2, 0) is 4.74 Å². The van der Waals surface area contributed by atoms with Gasteiger partial charge in [0.15, 0.2) is 5.69 Å². The van der Waals surface area contributed by atoms with E-state index in [2.05, 4.69) is 40.4 Å². The number of nitrogens with zero attached hydrogens (tertiary/aromatic N) is 3. The van der Waals surface area contributed by atoms with Crippen molar-refractivity contribution in [1.82, 2.24) is 20.0 Å². The largest absolute Gasteiger partial charge is 0.377 e. The topological polar surface area (TPSA) is 61.5 Å². The molecule has 25 heavy (non-hydrogen) atoms. The number of hydrogen-bond donors (Lipinski definition) is 1. The first-order valence-electron chi connectivity index (χ1n) is 8.97. The molecule has 1 amide bonds. The zero-order valence-corrected chi connectivity index (χ0v) is 14.4. The molecule has 0 saturated carbocycles. The summed E-state index contributed by atoms with van der Waals surface area (Å²) < 4.78 is 5.40. The Labute approximate surface area is 146 Å². The fraction of sp³-hybridized carbons (Fsp3) is 0.474. The molecule has 5 rings (SSSR count). The molecular formula is C19H22N4O2. The number of H-pyrrole nitrogens is 1. The van der Waals surface area contributed by atoms with Crippen LogP contribution in [0.15, 0.2) is 24.3 Å². The summed E-state index contributed by atoms with van der Waals surface area (Å²) in [6.07, 6.45) is 4.12. The lowest BCUT2D eigenvalue weighted by molar-refractivity contribution is 0.0646. The maximum Gasteiger partial charge on any atom is 0.275 e. The van der Waals surface area contributed by atoms with Gasteiger partial charge in [-0.3, -0.25) is 14.8 Å². The molecule has 0 spiro atoms. The Morgan fingerprint density at radius 1 is 1.32 bits per heavy atom. The second kappa shape index (κ2) is 5.68. The minimum Gasteiger partial charge on any atom is -0.377 e. The highest BCUT2D eigenvalue weighted by atomic mass is 16.5. The third-order valence-corrected chi connectivity index (χ3v) is 5.87. The number of piperazine rings is 1. The van der Waals surface area contributed by atoms with Crippen molar-refractivity contribution >= 4 is 22.4 Å². The Hall–Kier alpha value is -2.18. The molecule has 2 saturated heterocycles. The molecule has 6 heteroatoms. The number of aromatic amines is 1. The predicted molar refractivity (Wildman–Crippen MR) is 95.4 cm³/mol. The SMILES string of the molecule is CN1CC2CC1CN2C(=O)c1n[nH]c2ccc(C3=CCOCC3)cc12. The summed E-state index contributed by atoms with van der Waals surface area (Å²) in [6, 6.07) is 7.05. The third-order valence-electron chi connectivity index (χ3n) is 5.87. The van der Waals surface area contributed by atoms with Crippen LogP contribution in [0.4, 0.5) is 0 Å². The van der Waals surface area contributed by atoms with E-state index in [4.69, 9.17) is 4.74 Å².